The Hall–Kier alpha value is -1.91. The summed E-state index contributed by atoms with van der Waals surface area (Å²) >= 11 is 0. The number of ether oxygens (including phenoxy) is 3. The highest BCUT2D eigenvalue weighted by Crippen LogP contribution is 2.39. The maximum absolute atomic E-state index is 12.7. The van der Waals surface area contributed by atoms with Crippen LogP contribution in [0.25, 0.3) is 0 Å². The molecule has 1 saturated carbocycles. The van der Waals surface area contributed by atoms with E-state index in [0.717, 1.165) is 18.8 Å². The van der Waals surface area contributed by atoms with Gasteiger partial charge in [0.2, 0.25) is 5.75 Å². The summed E-state index contributed by atoms with van der Waals surface area (Å²) in [5, 5.41) is 3.15. The van der Waals surface area contributed by atoms with Gasteiger partial charge in [-0.3, -0.25) is 4.79 Å². The Balaban J connectivity index is 2.21. The van der Waals surface area contributed by atoms with Gasteiger partial charge in [-0.1, -0.05) is 6.92 Å². The molecule has 5 nitrogen and oxygen atoms in total. The first kappa shape index (κ1) is 19.4. The molecule has 0 aromatic heterocycles. The molecule has 140 valence electrons. The van der Waals surface area contributed by atoms with E-state index >= 15 is 0 Å². The van der Waals surface area contributed by atoms with Gasteiger partial charge in [0.15, 0.2) is 11.5 Å². The molecule has 1 aliphatic carbocycles. The number of hydrogen-bond donors (Lipinski definition) is 1. The molecule has 1 N–H and O–H groups in total. The first-order chi connectivity index (χ1) is 12.1. The molecular weight excluding hydrogens is 318 g/mol. The predicted octanol–water partition coefficient (Wildman–Crippen LogP) is 4.19. The minimum absolute atomic E-state index is 0.0792. The van der Waals surface area contributed by atoms with Crippen LogP contribution in [-0.2, 0) is 0 Å². The molecule has 1 fully saturated rings. The second-order valence-corrected chi connectivity index (χ2v) is 6.53. The van der Waals surface area contributed by atoms with Crippen LogP contribution in [0.5, 0.6) is 17.2 Å². The van der Waals surface area contributed by atoms with Crippen LogP contribution in [0.1, 0.15) is 63.7 Å². The fraction of sp³-hybridized carbons (Fsp3) is 0.650. The third kappa shape index (κ3) is 5.28. The number of nitrogens with one attached hydrogen (secondary N) is 1. The molecule has 1 amide bonds. The van der Waals surface area contributed by atoms with E-state index in [2.05, 4.69) is 12.2 Å². The molecule has 1 aromatic rings. The topological polar surface area (TPSA) is 56.8 Å². The van der Waals surface area contributed by atoms with Crippen LogP contribution < -0.4 is 19.5 Å². The van der Waals surface area contributed by atoms with Gasteiger partial charge in [0.25, 0.3) is 5.91 Å². The third-order valence-electron chi connectivity index (χ3n) is 4.52. The van der Waals surface area contributed by atoms with Crippen molar-refractivity contribution < 1.29 is 19.0 Å². The molecule has 0 atom stereocenters. The SMILES string of the molecule is CCOc1cc(C(=O)NC2CCC(C)CC2)cc(OCC)c1OCC. The average molecular weight is 349 g/mol. The summed E-state index contributed by atoms with van der Waals surface area (Å²) in [4.78, 5) is 12.7. The van der Waals surface area contributed by atoms with E-state index in [1.807, 2.05) is 20.8 Å². The predicted molar refractivity (Wildman–Crippen MR) is 98.8 cm³/mol. The monoisotopic (exact) mass is 349 g/mol. The van der Waals surface area contributed by atoms with Crippen molar-refractivity contribution in [2.24, 2.45) is 5.92 Å². The third-order valence-corrected chi connectivity index (χ3v) is 4.52. The lowest BCUT2D eigenvalue weighted by Crippen LogP contribution is -2.37. The molecule has 0 aliphatic heterocycles. The van der Waals surface area contributed by atoms with Gasteiger partial charge >= 0.3 is 0 Å². The Labute approximate surface area is 151 Å². The molecule has 0 bridgehead atoms. The van der Waals surface area contributed by atoms with E-state index in [4.69, 9.17) is 14.2 Å². The lowest BCUT2D eigenvalue weighted by molar-refractivity contribution is 0.0922. The molecule has 5 heteroatoms. The van der Waals surface area contributed by atoms with Crippen LogP contribution in [-0.4, -0.2) is 31.8 Å². The number of benzene rings is 1. The van der Waals surface area contributed by atoms with Gasteiger partial charge in [0, 0.05) is 11.6 Å². The molecule has 0 saturated heterocycles. The van der Waals surface area contributed by atoms with Crippen LogP contribution in [0.4, 0.5) is 0 Å². The number of amides is 1. The molecule has 2 rings (SSSR count). The normalized spacial score (nSPS) is 20.0. The zero-order valence-corrected chi connectivity index (χ0v) is 15.9. The van der Waals surface area contributed by atoms with Crippen molar-refractivity contribution in [3.8, 4) is 17.2 Å². The number of carbonyl (C=O) groups is 1. The number of rotatable bonds is 8. The second kappa shape index (κ2) is 9.54. The highest BCUT2D eigenvalue weighted by atomic mass is 16.5. The second-order valence-electron chi connectivity index (χ2n) is 6.53. The van der Waals surface area contributed by atoms with Gasteiger partial charge in [0.05, 0.1) is 19.8 Å². The maximum Gasteiger partial charge on any atom is 0.251 e. The van der Waals surface area contributed by atoms with Crippen LogP contribution in [0.15, 0.2) is 12.1 Å². The Morgan fingerprint density at radius 3 is 1.96 bits per heavy atom. The van der Waals surface area contributed by atoms with Crippen molar-refractivity contribution in [3.05, 3.63) is 17.7 Å². The molecule has 0 radical (unpaired) electrons. The summed E-state index contributed by atoms with van der Waals surface area (Å²) in [6, 6.07) is 3.75. The number of carbonyl (C=O) groups excluding carboxylic acids is 1. The van der Waals surface area contributed by atoms with Crippen molar-refractivity contribution in [3.63, 3.8) is 0 Å². The summed E-state index contributed by atoms with van der Waals surface area (Å²) in [6.07, 6.45) is 4.42. The van der Waals surface area contributed by atoms with Gasteiger partial charge in [-0.05, 0) is 64.5 Å². The molecule has 0 heterocycles. The lowest BCUT2D eigenvalue weighted by atomic mass is 9.87. The zero-order valence-electron chi connectivity index (χ0n) is 15.9. The maximum atomic E-state index is 12.7. The highest BCUT2D eigenvalue weighted by molar-refractivity contribution is 5.95. The van der Waals surface area contributed by atoms with Gasteiger partial charge in [0.1, 0.15) is 0 Å². The fourth-order valence-electron chi connectivity index (χ4n) is 3.19. The minimum atomic E-state index is -0.0792. The Bertz CT molecular complexity index is 538. The van der Waals surface area contributed by atoms with E-state index in [9.17, 15) is 4.79 Å². The van der Waals surface area contributed by atoms with Crippen LogP contribution in [0.3, 0.4) is 0 Å². The molecule has 0 spiro atoms. The van der Waals surface area contributed by atoms with Crippen molar-refractivity contribution in [2.75, 3.05) is 19.8 Å². The standard InChI is InChI=1S/C20H31NO4/c1-5-23-17-12-15(13-18(24-6-2)19(17)25-7-3)20(22)21-16-10-8-14(4)9-11-16/h12-14,16H,5-11H2,1-4H3,(H,21,22). The summed E-state index contributed by atoms with van der Waals surface area (Å²) < 4.78 is 17.1. The van der Waals surface area contributed by atoms with Gasteiger partial charge in [-0.25, -0.2) is 0 Å². The largest absolute Gasteiger partial charge is 0.490 e. The molecule has 1 aliphatic rings. The van der Waals surface area contributed by atoms with Crippen molar-refractivity contribution in [1.82, 2.24) is 5.32 Å². The molecule has 25 heavy (non-hydrogen) atoms. The summed E-state index contributed by atoms with van der Waals surface area (Å²) in [5.41, 5.74) is 0.550. The zero-order chi connectivity index (χ0) is 18.2. The minimum Gasteiger partial charge on any atom is -0.490 e. The van der Waals surface area contributed by atoms with E-state index < -0.39 is 0 Å². The van der Waals surface area contributed by atoms with Gasteiger partial charge < -0.3 is 19.5 Å². The average Bonchev–Trinajstić information content (AvgIpc) is 2.60. The Morgan fingerprint density at radius 1 is 0.960 bits per heavy atom. The first-order valence-electron chi connectivity index (χ1n) is 9.46. The van der Waals surface area contributed by atoms with Gasteiger partial charge in [-0.15, -0.1) is 0 Å². The smallest absolute Gasteiger partial charge is 0.251 e. The van der Waals surface area contributed by atoms with E-state index in [1.165, 1.54) is 12.8 Å². The summed E-state index contributed by atoms with van der Waals surface area (Å²) in [6.45, 7) is 9.50. The first-order valence-corrected chi connectivity index (χ1v) is 9.46. The van der Waals surface area contributed by atoms with Crippen LogP contribution in [0, 0.1) is 5.92 Å². The lowest BCUT2D eigenvalue weighted by Gasteiger charge is -2.27. The van der Waals surface area contributed by atoms with E-state index in [0.29, 0.717) is 42.6 Å². The van der Waals surface area contributed by atoms with E-state index in [-0.39, 0.29) is 11.9 Å². The van der Waals surface area contributed by atoms with Crippen LogP contribution >= 0.6 is 0 Å². The van der Waals surface area contributed by atoms with Crippen molar-refractivity contribution in [2.45, 2.75) is 59.4 Å². The van der Waals surface area contributed by atoms with Crippen LogP contribution in [0.2, 0.25) is 0 Å². The molecule has 0 unspecified atom stereocenters. The summed E-state index contributed by atoms with van der Waals surface area (Å²) in [5.74, 6) is 2.35. The Morgan fingerprint density at radius 2 is 1.48 bits per heavy atom. The van der Waals surface area contributed by atoms with E-state index in [1.54, 1.807) is 12.1 Å². The number of hydrogen-bond acceptors (Lipinski definition) is 4. The molecule has 1 aromatic carbocycles. The fourth-order valence-corrected chi connectivity index (χ4v) is 3.19. The van der Waals surface area contributed by atoms with Crippen molar-refractivity contribution in [1.29, 1.82) is 0 Å². The van der Waals surface area contributed by atoms with Crippen molar-refractivity contribution >= 4 is 5.91 Å². The summed E-state index contributed by atoms with van der Waals surface area (Å²) in [7, 11) is 0. The highest BCUT2D eigenvalue weighted by Gasteiger charge is 2.22. The molecular formula is C20H31NO4. The van der Waals surface area contributed by atoms with Gasteiger partial charge in [-0.2, -0.15) is 0 Å². The quantitative estimate of drug-likeness (QED) is 0.764. The Kier molecular flexibility index (Phi) is 7.41.